The van der Waals surface area contributed by atoms with Crippen molar-refractivity contribution in [2.24, 2.45) is 5.92 Å². The van der Waals surface area contributed by atoms with Gasteiger partial charge in [0.05, 0.1) is 0 Å². The third kappa shape index (κ3) is 3.33. The predicted molar refractivity (Wildman–Crippen MR) is 66.6 cm³/mol. The van der Waals surface area contributed by atoms with Gasteiger partial charge < -0.3 is 0 Å². The van der Waals surface area contributed by atoms with Crippen molar-refractivity contribution >= 4 is 29.6 Å². The summed E-state index contributed by atoms with van der Waals surface area (Å²) in [4.78, 5) is 35.8. The average molecular weight is 256 g/mol. The van der Waals surface area contributed by atoms with Crippen molar-refractivity contribution in [3.05, 3.63) is 12.7 Å². The van der Waals surface area contributed by atoms with E-state index in [1.54, 1.807) is 24.8 Å². The fourth-order valence-electron chi connectivity index (χ4n) is 1.55. The first-order chi connectivity index (χ1) is 8.11. The Labute approximate surface area is 105 Å². The van der Waals surface area contributed by atoms with Crippen LogP contribution in [0.3, 0.4) is 0 Å². The molecule has 0 bridgehead atoms. The maximum atomic E-state index is 11.9. The molecular formula is C11H16N2O3S. The van der Waals surface area contributed by atoms with Crippen LogP contribution in [0.5, 0.6) is 0 Å². The summed E-state index contributed by atoms with van der Waals surface area (Å²) in [6, 6.07) is -0.607. The smallest absolute Gasteiger partial charge is 0.277 e. The standard InChI is InChI=1S/C11H16N2O3S/c1-3-6-17-7-5-13-10(15)8(4-2)9(14)12-11(13)16/h3,8H,1,4-7H2,2H3,(H,12,14,16). The van der Waals surface area contributed by atoms with Crippen molar-refractivity contribution in [3.8, 4) is 0 Å². The lowest BCUT2D eigenvalue weighted by molar-refractivity contribution is -0.142. The maximum absolute atomic E-state index is 11.9. The van der Waals surface area contributed by atoms with Crippen molar-refractivity contribution in [1.29, 1.82) is 0 Å². The van der Waals surface area contributed by atoms with Crippen LogP contribution in [0.2, 0.25) is 0 Å². The lowest BCUT2D eigenvalue weighted by Gasteiger charge is -2.29. The van der Waals surface area contributed by atoms with Gasteiger partial charge in [0.15, 0.2) is 0 Å². The molecule has 0 radical (unpaired) electrons. The molecule has 6 heteroatoms. The molecule has 1 unspecified atom stereocenters. The van der Waals surface area contributed by atoms with Crippen LogP contribution in [-0.4, -0.2) is 40.8 Å². The van der Waals surface area contributed by atoms with Gasteiger partial charge in [-0.05, 0) is 6.42 Å². The molecule has 1 N–H and O–H groups in total. The summed E-state index contributed by atoms with van der Waals surface area (Å²) in [5.41, 5.74) is 0. The van der Waals surface area contributed by atoms with Gasteiger partial charge in [-0.25, -0.2) is 4.79 Å². The molecule has 1 atom stereocenters. The summed E-state index contributed by atoms with van der Waals surface area (Å²) in [5, 5.41) is 2.20. The summed E-state index contributed by atoms with van der Waals surface area (Å²) < 4.78 is 0. The molecule has 1 fully saturated rings. The predicted octanol–water partition coefficient (Wildman–Crippen LogP) is 1.01. The number of carbonyl (C=O) groups is 3. The summed E-state index contributed by atoms with van der Waals surface area (Å²) in [6.45, 7) is 5.66. The van der Waals surface area contributed by atoms with Crippen molar-refractivity contribution < 1.29 is 14.4 Å². The van der Waals surface area contributed by atoms with E-state index in [9.17, 15) is 14.4 Å². The molecule has 1 aliphatic heterocycles. The molecule has 4 amide bonds. The van der Waals surface area contributed by atoms with E-state index >= 15 is 0 Å². The fourth-order valence-corrected chi connectivity index (χ4v) is 2.20. The Morgan fingerprint density at radius 1 is 1.47 bits per heavy atom. The van der Waals surface area contributed by atoms with Crippen molar-refractivity contribution in [1.82, 2.24) is 10.2 Å². The number of hydrogen-bond acceptors (Lipinski definition) is 4. The molecule has 0 aromatic heterocycles. The van der Waals surface area contributed by atoms with Crippen LogP contribution in [0.1, 0.15) is 13.3 Å². The number of imide groups is 2. The summed E-state index contributed by atoms with van der Waals surface area (Å²) >= 11 is 1.58. The first-order valence-electron chi connectivity index (χ1n) is 5.46. The molecule has 1 saturated heterocycles. The molecule has 5 nitrogen and oxygen atoms in total. The Hall–Kier alpha value is -1.30. The lowest BCUT2D eigenvalue weighted by Crippen LogP contribution is -2.58. The zero-order valence-electron chi connectivity index (χ0n) is 9.77. The molecule has 0 aromatic carbocycles. The zero-order valence-corrected chi connectivity index (χ0v) is 10.6. The Morgan fingerprint density at radius 2 is 2.18 bits per heavy atom. The van der Waals surface area contributed by atoms with Gasteiger partial charge in [-0.2, -0.15) is 11.8 Å². The van der Waals surface area contributed by atoms with Gasteiger partial charge in [0, 0.05) is 18.1 Å². The van der Waals surface area contributed by atoms with Gasteiger partial charge in [-0.3, -0.25) is 19.8 Å². The molecule has 94 valence electrons. The first-order valence-corrected chi connectivity index (χ1v) is 6.62. The van der Waals surface area contributed by atoms with E-state index in [1.165, 1.54) is 0 Å². The highest BCUT2D eigenvalue weighted by Gasteiger charge is 2.38. The van der Waals surface area contributed by atoms with E-state index in [-0.39, 0.29) is 5.91 Å². The Kier molecular flexibility index (Phi) is 5.21. The highest BCUT2D eigenvalue weighted by molar-refractivity contribution is 7.99. The van der Waals surface area contributed by atoms with Crippen LogP contribution in [0.4, 0.5) is 4.79 Å². The minimum Gasteiger partial charge on any atom is -0.277 e. The summed E-state index contributed by atoms with van der Waals surface area (Å²) in [7, 11) is 0. The summed E-state index contributed by atoms with van der Waals surface area (Å²) in [6.07, 6.45) is 2.18. The van der Waals surface area contributed by atoms with Crippen LogP contribution in [0.25, 0.3) is 0 Å². The zero-order chi connectivity index (χ0) is 12.8. The van der Waals surface area contributed by atoms with Crippen LogP contribution >= 0.6 is 11.8 Å². The number of carbonyl (C=O) groups excluding carboxylic acids is 3. The average Bonchev–Trinajstić information content (AvgIpc) is 2.28. The molecule has 0 aliphatic carbocycles. The van der Waals surface area contributed by atoms with E-state index in [4.69, 9.17) is 0 Å². The number of urea groups is 1. The summed E-state index contributed by atoms with van der Waals surface area (Å²) in [5.74, 6) is -0.176. The van der Waals surface area contributed by atoms with Crippen LogP contribution in [-0.2, 0) is 9.59 Å². The van der Waals surface area contributed by atoms with Crippen molar-refractivity contribution in [3.63, 3.8) is 0 Å². The number of amides is 4. The van der Waals surface area contributed by atoms with Gasteiger partial charge in [-0.1, -0.05) is 13.0 Å². The number of nitrogens with zero attached hydrogens (tertiary/aromatic N) is 1. The molecule has 0 spiro atoms. The number of barbiturate groups is 1. The van der Waals surface area contributed by atoms with Crippen molar-refractivity contribution in [2.45, 2.75) is 13.3 Å². The van der Waals surface area contributed by atoms with E-state index in [0.29, 0.717) is 18.7 Å². The Balaban J connectivity index is 2.57. The number of nitrogens with one attached hydrogen (secondary N) is 1. The number of hydrogen-bond donors (Lipinski definition) is 1. The second kappa shape index (κ2) is 6.44. The fraction of sp³-hybridized carbons (Fsp3) is 0.545. The minimum absolute atomic E-state index is 0.326. The Bertz CT molecular complexity index is 344. The van der Waals surface area contributed by atoms with Crippen molar-refractivity contribution in [2.75, 3.05) is 18.1 Å². The van der Waals surface area contributed by atoms with Crippen LogP contribution < -0.4 is 5.32 Å². The van der Waals surface area contributed by atoms with Crippen LogP contribution in [0, 0.1) is 5.92 Å². The molecule has 1 rings (SSSR count). The Morgan fingerprint density at radius 3 is 2.76 bits per heavy atom. The van der Waals surface area contributed by atoms with Gasteiger partial charge in [-0.15, -0.1) is 6.58 Å². The molecule has 0 saturated carbocycles. The third-order valence-corrected chi connectivity index (χ3v) is 3.40. The maximum Gasteiger partial charge on any atom is 0.330 e. The van der Waals surface area contributed by atoms with E-state index < -0.39 is 17.9 Å². The van der Waals surface area contributed by atoms with Gasteiger partial charge in [0.2, 0.25) is 11.8 Å². The second-order valence-electron chi connectivity index (χ2n) is 3.61. The van der Waals surface area contributed by atoms with Gasteiger partial charge in [0.25, 0.3) is 0 Å². The number of thioether (sulfide) groups is 1. The topological polar surface area (TPSA) is 66.5 Å². The van der Waals surface area contributed by atoms with E-state index in [2.05, 4.69) is 11.9 Å². The molecule has 0 aromatic rings. The molecule has 1 aliphatic rings. The van der Waals surface area contributed by atoms with Gasteiger partial charge >= 0.3 is 6.03 Å². The quantitative estimate of drug-likeness (QED) is 0.437. The van der Waals surface area contributed by atoms with E-state index in [1.807, 2.05) is 0 Å². The molecular weight excluding hydrogens is 240 g/mol. The molecule has 1 heterocycles. The second-order valence-corrected chi connectivity index (χ2v) is 4.76. The SMILES string of the molecule is C=CCSCCN1C(=O)NC(=O)C(CC)C1=O. The largest absolute Gasteiger partial charge is 0.330 e. The first kappa shape index (κ1) is 13.8. The van der Waals surface area contributed by atoms with Gasteiger partial charge in [0.1, 0.15) is 5.92 Å². The highest BCUT2D eigenvalue weighted by Crippen LogP contribution is 2.14. The van der Waals surface area contributed by atoms with Crippen LogP contribution in [0.15, 0.2) is 12.7 Å². The third-order valence-electron chi connectivity index (χ3n) is 2.46. The monoisotopic (exact) mass is 256 g/mol. The number of rotatable bonds is 6. The highest BCUT2D eigenvalue weighted by atomic mass is 32.2. The molecule has 17 heavy (non-hydrogen) atoms. The minimum atomic E-state index is -0.725. The normalized spacial score (nSPS) is 20.4. The van der Waals surface area contributed by atoms with E-state index in [0.717, 1.165) is 10.7 Å². The lowest BCUT2D eigenvalue weighted by atomic mass is 10.0.